The van der Waals surface area contributed by atoms with E-state index in [1.165, 1.54) is 0 Å². The van der Waals surface area contributed by atoms with Crippen molar-refractivity contribution in [3.8, 4) is 0 Å². The third-order valence-corrected chi connectivity index (χ3v) is 3.03. The fourth-order valence-electron chi connectivity index (χ4n) is 1.20. The van der Waals surface area contributed by atoms with Crippen LogP contribution in [0.15, 0.2) is 34.9 Å². The highest BCUT2D eigenvalue weighted by molar-refractivity contribution is 8.10. The van der Waals surface area contributed by atoms with Crippen molar-refractivity contribution in [2.75, 3.05) is 0 Å². The van der Waals surface area contributed by atoms with Crippen molar-refractivity contribution in [3.05, 3.63) is 35.5 Å². The molecule has 1 atom stereocenters. The molecule has 0 radical (unpaired) electrons. The van der Waals surface area contributed by atoms with Crippen LogP contribution in [0.2, 0.25) is 0 Å². The first-order chi connectivity index (χ1) is 5.77. The van der Waals surface area contributed by atoms with Gasteiger partial charge in [0, 0.05) is 16.0 Å². The van der Waals surface area contributed by atoms with Crippen LogP contribution < -0.4 is 5.73 Å². The minimum absolute atomic E-state index is 0.638. The molecule has 2 nitrogen and oxygen atoms in total. The first-order valence-electron chi connectivity index (χ1n) is 3.60. The Balaban J connectivity index is 2.66. The molecular formula is C9H9NOS. The Kier molecular flexibility index (Phi) is 1.75. The van der Waals surface area contributed by atoms with Crippen LogP contribution in [0.25, 0.3) is 6.08 Å². The number of fused-ring (bicyclic) bond motifs is 1. The quantitative estimate of drug-likeness (QED) is 0.597. The molecule has 62 valence electrons. The normalized spacial score (nSPS) is 20.8. The molecule has 1 heterocycles. The summed E-state index contributed by atoms with van der Waals surface area (Å²) in [4.78, 5) is 0.951. The molecular weight excluding hydrogens is 170 g/mol. The second-order valence-electron chi connectivity index (χ2n) is 2.61. The summed E-state index contributed by atoms with van der Waals surface area (Å²) in [7, 11) is -0.814. The van der Waals surface area contributed by atoms with E-state index in [1.54, 1.807) is 5.37 Å². The van der Waals surface area contributed by atoms with Gasteiger partial charge in [0.15, 0.2) is 0 Å². The summed E-state index contributed by atoms with van der Waals surface area (Å²) in [6.07, 6.45) is 1.87. The lowest BCUT2D eigenvalue weighted by molar-refractivity contribution is 0.660. The highest BCUT2D eigenvalue weighted by Crippen LogP contribution is 2.30. The summed E-state index contributed by atoms with van der Waals surface area (Å²) in [6.45, 7) is 0. The third kappa shape index (κ3) is 1.17. The van der Waals surface area contributed by atoms with Crippen molar-refractivity contribution < 1.29 is 4.55 Å². The van der Waals surface area contributed by atoms with Gasteiger partial charge in [0.2, 0.25) is 0 Å². The number of hydrogen-bond donors (Lipinski definition) is 2. The summed E-state index contributed by atoms with van der Waals surface area (Å²) >= 11 is 0. The fourth-order valence-corrected chi connectivity index (χ4v) is 2.24. The van der Waals surface area contributed by atoms with Crippen LogP contribution in [-0.2, 0) is 0 Å². The Morgan fingerprint density at radius 1 is 1.25 bits per heavy atom. The molecule has 0 saturated carbocycles. The number of nitrogens with two attached hydrogens (primary N) is 1. The molecule has 0 bridgehead atoms. The molecule has 1 aliphatic rings. The Morgan fingerprint density at radius 2 is 2.00 bits per heavy atom. The molecule has 2 rings (SSSR count). The van der Waals surface area contributed by atoms with Gasteiger partial charge < -0.3 is 10.3 Å². The first-order valence-corrected chi connectivity index (χ1v) is 4.85. The van der Waals surface area contributed by atoms with Gasteiger partial charge in [0.05, 0.1) is 0 Å². The largest absolute Gasteiger partial charge is 0.398 e. The van der Waals surface area contributed by atoms with Gasteiger partial charge in [0.25, 0.3) is 0 Å². The molecule has 1 unspecified atom stereocenters. The maximum Gasteiger partial charge on any atom is 0.0401 e. The molecule has 12 heavy (non-hydrogen) atoms. The Labute approximate surface area is 73.5 Å². The molecule has 0 fully saturated rings. The zero-order chi connectivity index (χ0) is 8.55. The topological polar surface area (TPSA) is 46.2 Å². The predicted molar refractivity (Wildman–Crippen MR) is 53.2 cm³/mol. The van der Waals surface area contributed by atoms with Crippen molar-refractivity contribution in [1.82, 2.24) is 0 Å². The van der Waals surface area contributed by atoms with Crippen molar-refractivity contribution in [3.63, 3.8) is 0 Å². The Bertz CT molecular complexity index is 382. The standard InChI is InChI=1S/C9H9NOS/c10-8-5-7-3-1-2-4-9(7)12(11)6-8/h1-6,11H,10H2. The lowest BCUT2D eigenvalue weighted by Gasteiger charge is -2.11. The number of hydrogen-bond acceptors (Lipinski definition) is 2. The summed E-state index contributed by atoms with van der Waals surface area (Å²) in [5.41, 5.74) is 7.25. The maximum absolute atomic E-state index is 9.58. The van der Waals surface area contributed by atoms with Gasteiger partial charge >= 0.3 is 0 Å². The van der Waals surface area contributed by atoms with E-state index in [4.69, 9.17) is 5.73 Å². The van der Waals surface area contributed by atoms with Gasteiger partial charge in [-0.05, 0) is 28.5 Å². The van der Waals surface area contributed by atoms with Gasteiger partial charge in [0.1, 0.15) is 0 Å². The SMILES string of the molecule is NC1=Cc2ccccc2S(O)=C1. The lowest BCUT2D eigenvalue weighted by atomic mass is 10.2. The molecule has 0 aromatic heterocycles. The zero-order valence-electron chi connectivity index (χ0n) is 6.40. The Morgan fingerprint density at radius 3 is 2.83 bits per heavy atom. The molecule has 3 N–H and O–H groups in total. The minimum atomic E-state index is -0.814. The van der Waals surface area contributed by atoms with E-state index in [0.717, 1.165) is 10.5 Å². The Hall–Kier alpha value is -1.06. The third-order valence-electron chi connectivity index (χ3n) is 1.71. The van der Waals surface area contributed by atoms with Gasteiger partial charge in [-0.3, -0.25) is 0 Å². The van der Waals surface area contributed by atoms with Crippen molar-refractivity contribution >= 4 is 22.2 Å². The van der Waals surface area contributed by atoms with E-state index in [1.807, 2.05) is 30.3 Å². The van der Waals surface area contributed by atoms with Crippen LogP contribution in [0.1, 0.15) is 5.56 Å². The number of allylic oxidation sites excluding steroid dienone is 1. The molecule has 1 aromatic carbocycles. The second kappa shape index (κ2) is 2.77. The molecule has 0 spiro atoms. The number of rotatable bonds is 0. The van der Waals surface area contributed by atoms with Crippen LogP contribution in [0.3, 0.4) is 0 Å². The molecule has 1 aromatic rings. The predicted octanol–water partition coefficient (Wildman–Crippen LogP) is 1.90. The lowest BCUT2D eigenvalue weighted by Crippen LogP contribution is -2.02. The van der Waals surface area contributed by atoms with E-state index in [2.05, 4.69) is 0 Å². The average molecular weight is 179 g/mol. The monoisotopic (exact) mass is 179 g/mol. The van der Waals surface area contributed by atoms with Crippen molar-refractivity contribution in [2.24, 2.45) is 5.73 Å². The number of benzene rings is 1. The van der Waals surface area contributed by atoms with Crippen LogP contribution in [-0.4, -0.2) is 9.92 Å². The van der Waals surface area contributed by atoms with Gasteiger partial charge in [-0.1, -0.05) is 18.2 Å². The van der Waals surface area contributed by atoms with Gasteiger partial charge in [-0.25, -0.2) is 0 Å². The molecule has 3 heteroatoms. The maximum atomic E-state index is 9.58. The van der Waals surface area contributed by atoms with E-state index < -0.39 is 10.8 Å². The summed E-state index contributed by atoms with van der Waals surface area (Å²) in [5.74, 6) is 0. The minimum Gasteiger partial charge on any atom is -0.398 e. The molecule has 1 aliphatic heterocycles. The van der Waals surface area contributed by atoms with Gasteiger partial charge in [-0.2, -0.15) is 0 Å². The second-order valence-corrected chi connectivity index (χ2v) is 3.92. The molecule has 0 amide bonds. The molecule has 0 aliphatic carbocycles. The van der Waals surface area contributed by atoms with Crippen LogP contribution in [0.5, 0.6) is 0 Å². The average Bonchev–Trinajstić information content (AvgIpc) is 2.04. The van der Waals surface area contributed by atoms with E-state index >= 15 is 0 Å². The smallest absolute Gasteiger partial charge is 0.0401 e. The summed E-state index contributed by atoms with van der Waals surface area (Å²) < 4.78 is 9.58. The van der Waals surface area contributed by atoms with Crippen molar-refractivity contribution in [1.29, 1.82) is 0 Å². The van der Waals surface area contributed by atoms with E-state index in [9.17, 15) is 4.55 Å². The van der Waals surface area contributed by atoms with Crippen molar-refractivity contribution in [2.45, 2.75) is 4.90 Å². The summed E-state index contributed by atoms with van der Waals surface area (Å²) in [6, 6.07) is 7.71. The van der Waals surface area contributed by atoms with E-state index in [0.29, 0.717) is 5.70 Å². The first kappa shape index (κ1) is 7.58. The highest BCUT2D eigenvalue weighted by Gasteiger charge is 2.06. The molecule has 0 saturated heterocycles. The van der Waals surface area contributed by atoms with Crippen LogP contribution in [0, 0.1) is 0 Å². The van der Waals surface area contributed by atoms with Crippen LogP contribution >= 0.6 is 10.8 Å². The van der Waals surface area contributed by atoms with Crippen LogP contribution in [0.4, 0.5) is 0 Å². The fraction of sp³-hybridized carbons (Fsp3) is 0. The summed E-state index contributed by atoms with van der Waals surface area (Å²) in [5, 5.41) is 1.67. The zero-order valence-corrected chi connectivity index (χ0v) is 7.21. The highest BCUT2D eigenvalue weighted by atomic mass is 32.2. The van der Waals surface area contributed by atoms with Gasteiger partial charge in [-0.15, -0.1) is 0 Å². The van der Waals surface area contributed by atoms with E-state index in [-0.39, 0.29) is 0 Å².